The second-order valence-corrected chi connectivity index (χ2v) is 7.65. The topological polar surface area (TPSA) is 34.3 Å². The van der Waals surface area contributed by atoms with E-state index < -0.39 is 0 Å². The molecule has 1 atom stereocenters. The number of H-pyrrole nitrogens is 1. The van der Waals surface area contributed by atoms with E-state index in [1.807, 2.05) is 6.07 Å². The van der Waals surface area contributed by atoms with E-state index in [9.17, 15) is 4.39 Å². The SMILES string of the molecule is Fc1cc(N2CCN(CC[C@@H]3CNc4ccccc43)CC2)cc2cc[nH]c12. The number of halogens is 1. The molecule has 2 aliphatic rings. The van der Waals surface area contributed by atoms with Gasteiger partial charge in [-0.1, -0.05) is 18.2 Å². The van der Waals surface area contributed by atoms with Crippen LogP contribution in [0.4, 0.5) is 15.8 Å². The predicted octanol–water partition coefficient (Wildman–Crippen LogP) is 4.03. The number of rotatable bonds is 4. The van der Waals surface area contributed by atoms with Crippen molar-refractivity contribution in [1.29, 1.82) is 0 Å². The molecule has 0 unspecified atom stereocenters. The van der Waals surface area contributed by atoms with Gasteiger partial charge in [0.1, 0.15) is 5.82 Å². The van der Waals surface area contributed by atoms with Crippen LogP contribution < -0.4 is 10.2 Å². The van der Waals surface area contributed by atoms with E-state index in [0.29, 0.717) is 11.4 Å². The summed E-state index contributed by atoms with van der Waals surface area (Å²) in [5.41, 5.74) is 4.36. The van der Waals surface area contributed by atoms with Crippen molar-refractivity contribution in [1.82, 2.24) is 9.88 Å². The third kappa shape index (κ3) is 3.16. The maximum absolute atomic E-state index is 14.3. The molecule has 2 aliphatic heterocycles. The van der Waals surface area contributed by atoms with Crippen LogP contribution in [0.2, 0.25) is 0 Å². The molecule has 1 fully saturated rings. The highest BCUT2D eigenvalue weighted by molar-refractivity contribution is 5.84. The molecule has 0 saturated carbocycles. The largest absolute Gasteiger partial charge is 0.384 e. The van der Waals surface area contributed by atoms with Gasteiger partial charge in [-0.25, -0.2) is 4.39 Å². The van der Waals surface area contributed by atoms with Crippen LogP contribution in [0.25, 0.3) is 10.9 Å². The number of piperazine rings is 1. The summed E-state index contributed by atoms with van der Waals surface area (Å²) in [6, 6.07) is 14.4. The van der Waals surface area contributed by atoms with Crippen molar-refractivity contribution in [3.8, 4) is 0 Å². The fraction of sp³-hybridized carbons (Fsp3) is 0.364. The summed E-state index contributed by atoms with van der Waals surface area (Å²) in [5.74, 6) is 0.451. The summed E-state index contributed by atoms with van der Waals surface area (Å²) >= 11 is 0. The first-order valence-electron chi connectivity index (χ1n) is 9.85. The average molecular weight is 364 g/mol. The molecular weight excluding hydrogens is 339 g/mol. The van der Waals surface area contributed by atoms with Crippen molar-refractivity contribution in [3.63, 3.8) is 0 Å². The van der Waals surface area contributed by atoms with Gasteiger partial charge in [-0.3, -0.25) is 4.90 Å². The minimum absolute atomic E-state index is 0.165. The molecule has 1 saturated heterocycles. The molecule has 0 radical (unpaired) electrons. The number of hydrogen-bond acceptors (Lipinski definition) is 3. The third-order valence-corrected chi connectivity index (χ3v) is 6.07. The van der Waals surface area contributed by atoms with Crippen LogP contribution in [0.1, 0.15) is 17.9 Å². The Balaban J connectivity index is 1.18. The number of anilines is 2. The molecule has 0 amide bonds. The number of hydrogen-bond donors (Lipinski definition) is 2. The van der Waals surface area contributed by atoms with Gasteiger partial charge < -0.3 is 15.2 Å². The predicted molar refractivity (Wildman–Crippen MR) is 109 cm³/mol. The van der Waals surface area contributed by atoms with E-state index in [-0.39, 0.29) is 5.82 Å². The molecule has 140 valence electrons. The molecule has 1 aromatic heterocycles. The fourth-order valence-electron chi connectivity index (χ4n) is 4.48. The molecule has 27 heavy (non-hydrogen) atoms. The Bertz CT molecular complexity index is 942. The summed E-state index contributed by atoms with van der Waals surface area (Å²) < 4.78 is 14.3. The van der Waals surface area contributed by atoms with Gasteiger partial charge in [0.2, 0.25) is 0 Å². The lowest BCUT2D eigenvalue weighted by Crippen LogP contribution is -2.46. The van der Waals surface area contributed by atoms with Gasteiger partial charge in [0, 0.05) is 61.6 Å². The molecule has 2 aromatic carbocycles. The van der Waals surface area contributed by atoms with Crippen LogP contribution in [-0.2, 0) is 0 Å². The van der Waals surface area contributed by atoms with Gasteiger partial charge >= 0.3 is 0 Å². The first kappa shape index (κ1) is 16.6. The van der Waals surface area contributed by atoms with Crippen molar-refractivity contribution in [2.45, 2.75) is 12.3 Å². The number of fused-ring (bicyclic) bond motifs is 2. The number of aromatic amines is 1. The quantitative estimate of drug-likeness (QED) is 0.734. The first-order chi connectivity index (χ1) is 13.3. The van der Waals surface area contributed by atoms with Gasteiger partial charge in [-0.05, 0) is 42.8 Å². The van der Waals surface area contributed by atoms with E-state index in [0.717, 1.165) is 50.3 Å². The minimum atomic E-state index is -0.165. The van der Waals surface area contributed by atoms with Crippen molar-refractivity contribution in [2.24, 2.45) is 0 Å². The summed E-state index contributed by atoms with van der Waals surface area (Å²) in [5, 5.41) is 4.46. The van der Waals surface area contributed by atoms with Gasteiger partial charge in [0.25, 0.3) is 0 Å². The lowest BCUT2D eigenvalue weighted by Gasteiger charge is -2.36. The normalized spacial score (nSPS) is 20.0. The van der Waals surface area contributed by atoms with Crippen LogP contribution in [-0.4, -0.2) is 49.2 Å². The maximum Gasteiger partial charge on any atom is 0.149 e. The first-order valence-corrected chi connectivity index (χ1v) is 9.85. The van der Waals surface area contributed by atoms with Gasteiger partial charge in [-0.2, -0.15) is 0 Å². The average Bonchev–Trinajstić information content (AvgIpc) is 3.34. The smallest absolute Gasteiger partial charge is 0.149 e. The van der Waals surface area contributed by atoms with E-state index in [4.69, 9.17) is 0 Å². The van der Waals surface area contributed by atoms with E-state index >= 15 is 0 Å². The minimum Gasteiger partial charge on any atom is -0.384 e. The Labute approximate surface area is 159 Å². The zero-order valence-electron chi connectivity index (χ0n) is 15.4. The summed E-state index contributed by atoms with van der Waals surface area (Å²) in [4.78, 5) is 7.82. The maximum atomic E-state index is 14.3. The van der Waals surface area contributed by atoms with Gasteiger partial charge in [0.05, 0.1) is 5.52 Å². The zero-order valence-corrected chi connectivity index (χ0v) is 15.4. The second kappa shape index (κ2) is 6.89. The summed E-state index contributed by atoms with van der Waals surface area (Å²) in [7, 11) is 0. The highest BCUT2D eigenvalue weighted by Gasteiger charge is 2.24. The summed E-state index contributed by atoms with van der Waals surface area (Å²) in [6.07, 6.45) is 2.99. The number of para-hydroxylation sites is 1. The highest BCUT2D eigenvalue weighted by Crippen LogP contribution is 2.33. The Hall–Kier alpha value is -2.53. The van der Waals surface area contributed by atoms with Gasteiger partial charge in [0.15, 0.2) is 0 Å². The number of benzene rings is 2. The Morgan fingerprint density at radius 3 is 2.78 bits per heavy atom. The molecule has 4 nitrogen and oxygen atoms in total. The fourth-order valence-corrected chi connectivity index (χ4v) is 4.48. The lowest BCUT2D eigenvalue weighted by atomic mass is 9.97. The molecular formula is C22H25FN4. The van der Waals surface area contributed by atoms with E-state index in [1.165, 1.54) is 17.7 Å². The van der Waals surface area contributed by atoms with E-state index in [1.54, 1.807) is 12.3 Å². The van der Waals surface area contributed by atoms with Crippen molar-refractivity contribution in [3.05, 3.63) is 60.0 Å². The Morgan fingerprint density at radius 1 is 1.04 bits per heavy atom. The van der Waals surface area contributed by atoms with Crippen molar-refractivity contribution >= 4 is 22.3 Å². The Kier molecular flexibility index (Phi) is 4.24. The molecule has 3 aromatic rings. The van der Waals surface area contributed by atoms with Crippen molar-refractivity contribution < 1.29 is 4.39 Å². The molecule has 5 heteroatoms. The molecule has 3 heterocycles. The summed E-state index contributed by atoms with van der Waals surface area (Å²) in [6.45, 7) is 6.15. The van der Waals surface area contributed by atoms with Crippen LogP contribution in [0.15, 0.2) is 48.7 Å². The molecule has 0 bridgehead atoms. The molecule has 5 rings (SSSR count). The Morgan fingerprint density at radius 2 is 1.89 bits per heavy atom. The number of nitrogens with zero attached hydrogens (tertiary/aromatic N) is 2. The highest BCUT2D eigenvalue weighted by atomic mass is 19.1. The zero-order chi connectivity index (χ0) is 18.2. The molecule has 2 N–H and O–H groups in total. The number of nitrogens with one attached hydrogen (secondary N) is 2. The van der Waals surface area contributed by atoms with Gasteiger partial charge in [-0.15, -0.1) is 0 Å². The molecule has 0 aliphatic carbocycles. The monoisotopic (exact) mass is 364 g/mol. The van der Waals surface area contributed by atoms with E-state index in [2.05, 4.69) is 50.4 Å². The van der Waals surface area contributed by atoms with Crippen LogP contribution in [0.5, 0.6) is 0 Å². The van der Waals surface area contributed by atoms with Crippen molar-refractivity contribution in [2.75, 3.05) is 49.5 Å². The molecule has 0 spiro atoms. The van der Waals surface area contributed by atoms with Crippen LogP contribution in [0, 0.1) is 5.82 Å². The number of aromatic nitrogens is 1. The lowest BCUT2D eigenvalue weighted by molar-refractivity contribution is 0.249. The second-order valence-electron chi connectivity index (χ2n) is 7.65. The standard InChI is InChI=1S/C22H25FN4/c23-20-14-18(13-16-5-7-24-22(16)20)27-11-9-26(10-12-27)8-6-17-15-25-21-4-2-1-3-19(17)21/h1-5,7,13-14,17,24-25H,6,8-12,15H2/t17-/m1/s1. The third-order valence-electron chi connectivity index (χ3n) is 6.07. The van der Waals surface area contributed by atoms with Crippen LogP contribution in [0.3, 0.4) is 0 Å². The van der Waals surface area contributed by atoms with Crippen LogP contribution >= 0.6 is 0 Å².